The van der Waals surface area contributed by atoms with Crippen molar-refractivity contribution in [3.63, 3.8) is 0 Å². The van der Waals surface area contributed by atoms with Gasteiger partial charge in [0.1, 0.15) is 0 Å². The lowest BCUT2D eigenvalue weighted by molar-refractivity contribution is 0.403. The fourth-order valence-corrected chi connectivity index (χ4v) is 1.57. The van der Waals surface area contributed by atoms with Gasteiger partial charge in [-0.3, -0.25) is 0 Å². The third-order valence-corrected chi connectivity index (χ3v) is 2.48. The Morgan fingerprint density at radius 2 is 1.88 bits per heavy atom. The second-order valence-electron chi connectivity index (χ2n) is 4.39. The largest absolute Gasteiger partial charge is 0.504 e. The van der Waals surface area contributed by atoms with Crippen molar-refractivity contribution in [1.29, 1.82) is 0 Å². The van der Waals surface area contributed by atoms with Crippen LogP contribution in [0.5, 0.6) is 11.5 Å². The topological polar surface area (TPSA) is 52.5 Å². The Kier molecular flexibility index (Phi) is 5.12. The van der Waals surface area contributed by atoms with Crippen LogP contribution in [0.2, 0.25) is 0 Å². The van der Waals surface area contributed by atoms with E-state index in [-0.39, 0.29) is 11.5 Å². The van der Waals surface area contributed by atoms with Crippen molar-refractivity contribution in [1.82, 2.24) is 5.32 Å². The average Bonchev–Trinajstić information content (AvgIpc) is 2.22. The molecule has 0 atom stereocenters. The van der Waals surface area contributed by atoms with Crippen LogP contribution in [0.3, 0.4) is 0 Å². The van der Waals surface area contributed by atoms with Crippen LogP contribution in [0.4, 0.5) is 0 Å². The van der Waals surface area contributed by atoms with Crippen LogP contribution in [0.15, 0.2) is 18.2 Å². The van der Waals surface area contributed by atoms with Gasteiger partial charge in [0.2, 0.25) is 0 Å². The first-order chi connectivity index (χ1) is 7.59. The van der Waals surface area contributed by atoms with Crippen LogP contribution in [0, 0.1) is 0 Å². The van der Waals surface area contributed by atoms with Crippen molar-refractivity contribution in [3.8, 4) is 11.5 Å². The predicted octanol–water partition coefficient (Wildman–Crippen LogP) is 2.42. The van der Waals surface area contributed by atoms with E-state index in [4.69, 9.17) is 5.11 Å². The van der Waals surface area contributed by atoms with Gasteiger partial charge in [-0.25, -0.2) is 0 Å². The molecular weight excluding hydrogens is 202 g/mol. The van der Waals surface area contributed by atoms with E-state index in [9.17, 15) is 5.11 Å². The van der Waals surface area contributed by atoms with Gasteiger partial charge in [0.05, 0.1) is 0 Å². The van der Waals surface area contributed by atoms with E-state index in [1.807, 2.05) is 6.07 Å². The van der Waals surface area contributed by atoms with Crippen LogP contribution >= 0.6 is 0 Å². The maximum Gasteiger partial charge on any atom is 0.157 e. The van der Waals surface area contributed by atoms with Crippen molar-refractivity contribution in [2.24, 2.45) is 0 Å². The zero-order valence-electron chi connectivity index (χ0n) is 10.0. The van der Waals surface area contributed by atoms with Gasteiger partial charge < -0.3 is 15.5 Å². The van der Waals surface area contributed by atoms with Crippen LogP contribution < -0.4 is 5.32 Å². The predicted molar refractivity (Wildman–Crippen MR) is 65.8 cm³/mol. The zero-order chi connectivity index (χ0) is 12.0. The summed E-state index contributed by atoms with van der Waals surface area (Å²) in [6, 6.07) is 5.56. The number of rotatable bonds is 6. The number of phenols is 2. The number of hydrogen-bond donors (Lipinski definition) is 3. The van der Waals surface area contributed by atoms with Crippen molar-refractivity contribution < 1.29 is 10.2 Å². The Balaban J connectivity index is 2.24. The minimum absolute atomic E-state index is 0.0298. The number of unbranched alkanes of at least 4 members (excludes halogenated alkanes) is 1. The number of phenolic OH excluding ortho intramolecular Hbond substituents is 2. The van der Waals surface area contributed by atoms with Gasteiger partial charge in [-0.05, 0) is 43.5 Å². The SMILES string of the molecule is CC(C)NCCCCc1ccc(O)c(O)c1. The van der Waals surface area contributed by atoms with E-state index in [0.29, 0.717) is 6.04 Å². The van der Waals surface area contributed by atoms with Crippen LogP contribution in [0.1, 0.15) is 32.3 Å². The molecule has 1 aromatic rings. The van der Waals surface area contributed by atoms with E-state index >= 15 is 0 Å². The van der Waals surface area contributed by atoms with Gasteiger partial charge in [0, 0.05) is 6.04 Å². The zero-order valence-corrected chi connectivity index (χ0v) is 10.0. The summed E-state index contributed by atoms with van der Waals surface area (Å²) in [5, 5.41) is 21.8. The van der Waals surface area contributed by atoms with E-state index in [1.54, 1.807) is 6.07 Å². The molecule has 3 heteroatoms. The molecule has 1 rings (SSSR count). The molecule has 0 aromatic heterocycles. The molecule has 3 N–H and O–H groups in total. The molecule has 0 heterocycles. The molecule has 0 bridgehead atoms. The first-order valence-corrected chi connectivity index (χ1v) is 5.84. The Morgan fingerprint density at radius 3 is 2.50 bits per heavy atom. The highest BCUT2D eigenvalue weighted by atomic mass is 16.3. The summed E-state index contributed by atoms with van der Waals surface area (Å²) in [6.07, 6.45) is 3.15. The molecule has 0 saturated heterocycles. The minimum Gasteiger partial charge on any atom is -0.504 e. The smallest absolute Gasteiger partial charge is 0.157 e. The molecule has 1 aromatic carbocycles. The molecule has 0 fully saturated rings. The fraction of sp³-hybridized carbons (Fsp3) is 0.538. The van der Waals surface area contributed by atoms with Crippen LogP contribution in [0.25, 0.3) is 0 Å². The molecule has 0 spiro atoms. The maximum atomic E-state index is 9.31. The summed E-state index contributed by atoms with van der Waals surface area (Å²) in [5.41, 5.74) is 1.07. The molecule has 3 nitrogen and oxygen atoms in total. The Hall–Kier alpha value is -1.22. The lowest BCUT2D eigenvalue weighted by atomic mass is 10.1. The molecular formula is C13H21NO2. The van der Waals surface area contributed by atoms with Crippen molar-refractivity contribution in [2.45, 2.75) is 39.2 Å². The molecule has 0 amide bonds. The monoisotopic (exact) mass is 223 g/mol. The third kappa shape index (κ3) is 4.53. The van der Waals surface area contributed by atoms with Gasteiger partial charge in [-0.2, -0.15) is 0 Å². The Bertz CT molecular complexity index is 324. The number of aromatic hydroxyl groups is 2. The minimum atomic E-state index is -0.0507. The van der Waals surface area contributed by atoms with Crippen LogP contribution in [-0.4, -0.2) is 22.8 Å². The van der Waals surface area contributed by atoms with Gasteiger partial charge in [0.25, 0.3) is 0 Å². The van der Waals surface area contributed by atoms with Gasteiger partial charge >= 0.3 is 0 Å². The molecule has 0 radical (unpaired) electrons. The quantitative estimate of drug-likeness (QED) is 0.513. The molecule has 0 saturated carbocycles. The number of benzene rings is 1. The standard InChI is InChI=1S/C13H21NO2/c1-10(2)14-8-4-3-5-11-6-7-12(15)13(16)9-11/h6-7,9-10,14-16H,3-5,8H2,1-2H3. The van der Waals surface area contributed by atoms with E-state index < -0.39 is 0 Å². The summed E-state index contributed by atoms with van der Waals surface area (Å²) in [4.78, 5) is 0. The van der Waals surface area contributed by atoms with Gasteiger partial charge in [-0.15, -0.1) is 0 Å². The molecule has 16 heavy (non-hydrogen) atoms. The maximum absolute atomic E-state index is 9.31. The number of nitrogens with one attached hydrogen (secondary N) is 1. The molecule has 0 aliphatic carbocycles. The van der Waals surface area contributed by atoms with Crippen molar-refractivity contribution in [2.75, 3.05) is 6.54 Å². The number of aryl methyl sites for hydroxylation is 1. The molecule has 0 aliphatic heterocycles. The molecule has 90 valence electrons. The average molecular weight is 223 g/mol. The Morgan fingerprint density at radius 1 is 1.12 bits per heavy atom. The molecule has 0 unspecified atom stereocenters. The second-order valence-corrected chi connectivity index (χ2v) is 4.39. The Labute approximate surface area is 97.1 Å². The van der Waals surface area contributed by atoms with Gasteiger partial charge in [0.15, 0.2) is 11.5 Å². The van der Waals surface area contributed by atoms with E-state index in [2.05, 4.69) is 19.2 Å². The first kappa shape index (κ1) is 12.8. The highest BCUT2D eigenvalue weighted by Crippen LogP contribution is 2.25. The lowest BCUT2D eigenvalue weighted by Crippen LogP contribution is -2.23. The van der Waals surface area contributed by atoms with E-state index in [0.717, 1.165) is 31.4 Å². The fourth-order valence-electron chi connectivity index (χ4n) is 1.57. The summed E-state index contributed by atoms with van der Waals surface area (Å²) < 4.78 is 0. The highest BCUT2D eigenvalue weighted by Gasteiger charge is 2.00. The highest BCUT2D eigenvalue weighted by molar-refractivity contribution is 5.40. The first-order valence-electron chi connectivity index (χ1n) is 5.84. The summed E-state index contributed by atoms with van der Waals surface area (Å²) in [7, 11) is 0. The normalized spacial score (nSPS) is 10.9. The lowest BCUT2D eigenvalue weighted by Gasteiger charge is -2.07. The van der Waals surface area contributed by atoms with Crippen molar-refractivity contribution >= 4 is 0 Å². The summed E-state index contributed by atoms with van der Waals surface area (Å²) in [6.45, 7) is 5.30. The number of hydrogen-bond acceptors (Lipinski definition) is 3. The van der Waals surface area contributed by atoms with Gasteiger partial charge in [-0.1, -0.05) is 19.9 Å². The molecule has 0 aliphatic rings. The second kappa shape index (κ2) is 6.38. The summed E-state index contributed by atoms with van der Waals surface area (Å²) >= 11 is 0. The van der Waals surface area contributed by atoms with Crippen LogP contribution in [-0.2, 0) is 6.42 Å². The summed E-state index contributed by atoms with van der Waals surface area (Å²) in [5.74, 6) is -0.0805. The van der Waals surface area contributed by atoms with Crippen molar-refractivity contribution in [3.05, 3.63) is 23.8 Å². The third-order valence-electron chi connectivity index (χ3n) is 2.48. The van der Waals surface area contributed by atoms with E-state index in [1.165, 1.54) is 6.07 Å².